The zero-order chi connectivity index (χ0) is 12.0. The van der Waals surface area contributed by atoms with Crippen molar-refractivity contribution < 1.29 is 15.0 Å². The molecule has 0 aliphatic heterocycles. The number of carboxylic acids is 1. The van der Waals surface area contributed by atoms with Crippen LogP contribution in [0.4, 0.5) is 0 Å². The number of hydrogen-bond acceptors (Lipinski definition) is 2. The maximum absolute atomic E-state index is 11.0. The number of carbonyl (C=O) groups is 1. The van der Waals surface area contributed by atoms with Crippen LogP contribution in [-0.4, -0.2) is 16.2 Å². The van der Waals surface area contributed by atoms with E-state index in [-0.39, 0.29) is 6.42 Å². The molecule has 0 radical (unpaired) electrons. The predicted octanol–water partition coefficient (Wildman–Crippen LogP) is 1.83. The number of hydrogen-bond donors (Lipinski definition) is 2. The lowest BCUT2D eigenvalue weighted by Gasteiger charge is -2.18. The fraction of sp³-hybridized carbons (Fsp3) is 0.308. The highest BCUT2D eigenvalue weighted by Gasteiger charge is 2.26. The molecule has 2 N–H and O–H groups in total. The normalized spacial score (nSPS) is 13.8. The molecule has 0 aromatic heterocycles. The first kappa shape index (κ1) is 12.3. The second kappa shape index (κ2) is 5.94. The minimum Gasteiger partial charge on any atom is -0.481 e. The van der Waals surface area contributed by atoms with E-state index in [0.29, 0.717) is 12.0 Å². The van der Waals surface area contributed by atoms with E-state index in [1.54, 1.807) is 24.3 Å². The maximum atomic E-state index is 11.0. The second-order valence-electron chi connectivity index (χ2n) is 3.54. The predicted molar refractivity (Wildman–Crippen MR) is 60.6 cm³/mol. The van der Waals surface area contributed by atoms with Gasteiger partial charge in [-0.15, -0.1) is 12.3 Å². The van der Waals surface area contributed by atoms with Gasteiger partial charge in [-0.25, -0.2) is 0 Å². The summed E-state index contributed by atoms with van der Waals surface area (Å²) in [5, 5.41) is 18.9. The van der Waals surface area contributed by atoms with Crippen LogP contribution < -0.4 is 0 Å². The van der Waals surface area contributed by atoms with Gasteiger partial charge in [-0.05, 0) is 12.0 Å². The van der Waals surface area contributed by atoms with E-state index in [4.69, 9.17) is 11.5 Å². The number of aliphatic hydroxyl groups is 1. The van der Waals surface area contributed by atoms with Gasteiger partial charge in [0.15, 0.2) is 0 Å². The molecule has 0 bridgehead atoms. The Morgan fingerprint density at radius 1 is 1.38 bits per heavy atom. The van der Waals surface area contributed by atoms with Crippen molar-refractivity contribution in [3.63, 3.8) is 0 Å². The lowest BCUT2D eigenvalue weighted by Crippen LogP contribution is -2.21. The summed E-state index contributed by atoms with van der Waals surface area (Å²) in [6.07, 6.45) is 4.71. The van der Waals surface area contributed by atoms with Crippen LogP contribution in [0.1, 0.15) is 24.5 Å². The Bertz CT molecular complexity index is 378. The summed E-state index contributed by atoms with van der Waals surface area (Å²) in [4.78, 5) is 11.0. The van der Waals surface area contributed by atoms with Crippen molar-refractivity contribution in [2.24, 2.45) is 5.92 Å². The minimum absolute atomic E-state index is 0.280. The van der Waals surface area contributed by atoms with E-state index >= 15 is 0 Å². The monoisotopic (exact) mass is 218 g/mol. The zero-order valence-electron chi connectivity index (χ0n) is 8.84. The Labute approximate surface area is 94.7 Å². The van der Waals surface area contributed by atoms with E-state index in [1.165, 1.54) is 0 Å². The van der Waals surface area contributed by atoms with Gasteiger partial charge in [0.05, 0.1) is 12.0 Å². The Morgan fingerprint density at radius 3 is 2.50 bits per heavy atom. The Balaban J connectivity index is 2.79. The van der Waals surface area contributed by atoms with E-state index in [1.807, 2.05) is 6.07 Å². The molecule has 3 heteroatoms. The molecule has 0 fully saturated rings. The van der Waals surface area contributed by atoms with Gasteiger partial charge in [-0.2, -0.15) is 0 Å². The highest BCUT2D eigenvalue weighted by atomic mass is 16.4. The molecular formula is C13H14O3. The van der Waals surface area contributed by atoms with Crippen molar-refractivity contribution in [2.45, 2.75) is 18.9 Å². The van der Waals surface area contributed by atoms with Crippen LogP contribution in [0.2, 0.25) is 0 Å². The van der Waals surface area contributed by atoms with Gasteiger partial charge in [0, 0.05) is 6.42 Å². The van der Waals surface area contributed by atoms with E-state index in [9.17, 15) is 9.90 Å². The zero-order valence-corrected chi connectivity index (χ0v) is 8.84. The lowest BCUT2D eigenvalue weighted by molar-refractivity contribution is -0.146. The number of rotatable bonds is 5. The van der Waals surface area contributed by atoms with Crippen LogP contribution in [0.15, 0.2) is 30.3 Å². The highest BCUT2D eigenvalue weighted by molar-refractivity contribution is 5.71. The fourth-order valence-electron chi connectivity index (χ4n) is 1.54. The first-order chi connectivity index (χ1) is 7.66. The van der Waals surface area contributed by atoms with Crippen LogP contribution in [0.5, 0.6) is 0 Å². The first-order valence-corrected chi connectivity index (χ1v) is 5.06. The van der Waals surface area contributed by atoms with Crippen LogP contribution in [-0.2, 0) is 4.79 Å². The van der Waals surface area contributed by atoms with Gasteiger partial charge >= 0.3 is 5.97 Å². The minimum atomic E-state index is -1.02. The first-order valence-electron chi connectivity index (χ1n) is 5.06. The van der Waals surface area contributed by atoms with E-state index in [2.05, 4.69) is 5.92 Å². The molecule has 1 aromatic rings. The van der Waals surface area contributed by atoms with Crippen LogP contribution in [0.25, 0.3) is 0 Å². The summed E-state index contributed by atoms with van der Waals surface area (Å²) in [5.74, 6) is 0.515. The van der Waals surface area contributed by atoms with Gasteiger partial charge in [-0.3, -0.25) is 4.79 Å². The smallest absolute Gasteiger partial charge is 0.309 e. The SMILES string of the molecule is C#CCCC(C(=O)O)C(O)c1ccccc1. The Kier molecular flexibility index (Phi) is 4.56. The Hall–Kier alpha value is -1.79. The van der Waals surface area contributed by atoms with Crippen molar-refractivity contribution in [1.82, 2.24) is 0 Å². The van der Waals surface area contributed by atoms with Crippen molar-refractivity contribution in [1.29, 1.82) is 0 Å². The molecule has 0 amide bonds. The summed E-state index contributed by atoms with van der Waals surface area (Å²) < 4.78 is 0. The summed E-state index contributed by atoms with van der Waals surface area (Å²) in [6, 6.07) is 8.75. The van der Waals surface area contributed by atoms with Crippen molar-refractivity contribution >= 4 is 5.97 Å². The summed E-state index contributed by atoms with van der Waals surface area (Å²) in [5.41, 5.74) is 0.604. The molecule has 0 aliphatic carbocycles. The fourth-order valence-corrected chi connectivity index (χ4v) is 1.54. The molecule has 0 spiro atoms. The number of benzene rings is 1. The standard InChI is InChI=1S/C13H14O3/c1-2-3-9-11(13(15)16)12(14)10-7-5-4-6-8-10/h1,4-8,11-12,14H,3,9H2,(H,15,16). The van der Waals surface area contributed by atoms with Crippen molar-refractivity contribution in [3.8, 4) is 12.3 Å². The number of terminal acetylenes is 1. The topological polar surface area (TPSA) is 57.5 Å². The summed E-state index contributed by atoms with van der Waals surface area (Å²) in [6.45, 7) is 0. The Morgan fingerprint density at radius 2 is 2.00 bits per heavy atom. The molecule has 1 rings (SSSR count). The quantitative estimate of drug-likeness (QED) is 0.741. The maximum Gasteiger partial charge on any atom is 0.309 e. The molecule has 16 heavy (non-hydrogen) atoms. The van der Waals surface area contributed by atoms with E-state index in [0.717, 1.165) is 0 Å². The average molecular weight is 218 g/mol. The molecular weight excluding hydrogens is 204 g/mol. The highest BCUT2D eigenvalue weighted by Crippen LogP contribution is 2.25. The summed E-state index contributed by atoms with van der Waals surface area (Å²) in [7, 11) is 0. The summed E-state index contributed by atoms with van der Waals surface area (Å²) >= 11 is 0. The van der Waals surface area contributed by atoms with Crippen LogP contribution in [0, 0.1) is 18.3 Å². The van der Waals surface area contributed by atoms with Gasteiger partial charge in [-0.1, -0.05) is 30.3 Å². The van der Waals surface area contributed by atoms with Gasteiger partial charge in [0.2, 0.25) is 0 Å². The third kappa shape index (κ3) is 3.11. The van der Waals surface area contributed by atoms with Gasteiger partial charge < -0.3 is 10.2 Å². The number of aliphatic hydroxyl groups excluding tert-OH is 1. The molecule has 2 unspecified atom stereocenters. The van der Waals surface area contributed by atoms with Crippen molar-refractivity contribution in [2.75, 3.05) is 0 Å². The molecule has 0 saturated carbocycles. The second-order valence-corrected chi connectivity index (χ2v) is 3.54. The largest absolute Gasteiger partial charge is 0.481 e. The molecule has 1 aromatic carbocycles. The van der Waals surface area contributed by atoms with Gasteiger partial charge in [0.25, 0.3) is 0 Å². The third-order valence-electron chi connectivity index (χ3n) is 2.44. The number of aliphatic carboxylic acids is 1. The lowest BCUT2D eigenvalue weighted by atomic mass is 9.92. The molecule has 0 aliphatic rings. The number of carboxylic acid groups (broad SMARTS) is 1. The molecule has 84 valence electrons. The average Bonchev–Trinajstić information content (AvgIpc) is 2.30. The molecule has 0 saturated heterocycles. The third-order valence-corrected chi connectivity index (χ3v) is 2.44. The van der Waals surface area contributed by atoms with E-state index < -0.39 is 18.0 Å². The molecule has 0 heterocycles. The van der Waals surface area contributed by atoms with Crippen molar-refractivity contribution in [3.05, 3.63) is 35.9 Å². The molecule has 2 atom stereocenters. The van der Waals surface area contributed by atoms with Crippen LogP contribution >= 0.6 is 0 Å². The molecule has 3 nitrogen and oxygen atoms in total. The van der Waals surface area contributed by atoms with Crippen LogP contribution in [0.3, 0.4) is 0 Å². The van der Waals surface area contributed by atoms with Gasteiger partial charge in [0.1, 0.15) is 0 Å².